The van der Waals surface area contributed by atoms with E-state index in [0.717, 1.165) is 5.56 Å². The van der Waals surface area contributed by atoms with E-state index in [-0.39, 0.29) is 17.5 Å². The van der Waals surface area contributed by atoms with Gasteiger partial charge in [0, 0.05) is 5.92 Å². The monoisotopic (exact) mass is 296 g/mol. The lowest BCUT2D eigenvalue weighted by Gasteiger charge is -2.34. The van der Waals surface area contributed by atoms with E-state index in [1.807, 2.05) is 61.6 Å². The van der Waals surface area contributed by atoms with Gasteiger partial charge in [-0.1, -0.05) is 60.7 Å². The number of benzene rings is 1. The highest BCUT2D eigenvalue weighted by molar-refractivity contribution is 6.06. The number of rotatable bonds is 8. The Hall–Kier alpha value is -2.22. The van der Waals surface area contributed by atoms with Crippen molar-refractivity contribution >= 4 is 11.6 Å². The van der Waals surface area contributed by atoms with Crippen LogP contribution in [-0.4, -0.2) is 11.6 Å². The van der Waals surface area contributed by atoms with Crippen LogP contribution in [0.25, 0.3) is 0 Å². The summed E-state index contributed by atoms with van der Waals surface area (Å²) < 4.78 is 0. The van der Waals surface area contributed by atoms with E-state index in [9.17, 15) is 9.59 Å². The van der Waals surface area contributed by atoms with Gasteiger partial charge >= 0.3 is 0 Å². The molecule has 0 bridgehead atoms. The fourth-order valence-electron chi connectivity index (χ4n) is 2.83. The highest BCUT2D eigenvalue weighted by Gasteiger charge is 2.45. The van der Waals surface area contributed by atoms with Gasteiger partial charge in [-0.05, 0) is 32.8 Å². The zero-order chi connectivity index (χ0) is 16.6. The number of allylic oxidation sites excluding steroid dienone is 5. The van der Waals surface area contributed by atoms with Crippen LogP contribution in [0.15, 0.2) is 67.3 Å². The van der Waals surface area contributed by atoms with Crippen molar-refractivity contribution in [2.75, 3.05) is 0 Å². The number of Topliss-reactive ketones (excluding diaryl/α,β-unsaturated/α-hetero) is 2. The molecule has 0 aliphatic heterocycles. The van der Waals surface area contributed by atoms with Gasteiger partial charge < -0.3 is 0 Å². The van der Waals surface area contributed by atoms with Crippen LogP contribution in [0.4, 0.5) is 0 Å². The summed E-state index contributed by atoms with van der Waals surface area (Å²) in [5.41, 5.74) is -0.163. The van der Waals surface area contributed by atoms with Gasteiger partial charge in [0.25, 0.3) is 0 Å². The first kappa shape index (κ1) is 17.8. The lowest BCUT2D eigenvalue weighted by molar-refractivity contribution is -0.139. The molecule has 0 fully saturated rings. The number of hydrogen-bond donors (Lipinski definition) is 0. The van der Waals surface area contributed by atoms with Crippen molar-refractivity contribution in [3.63, 3.8) is 0 Å². The van der Waals surface area contributed by atoms with Gasteiger partial charge in [-0.25, -0.2) is 0 Å². The van der Waals surface area contributed by atoms with Gasteiger partial charge in [-0.3, -0.25) is 9.59 Å². The second kappa shape index (κ2) is 8.28. The summed E-state index contributed by atoms with van der Waals surface area (Å²) in [6.45, 7) is 8.77. The molecule has 0 N–H and O–H groups in total. The van der Waals surface area contributed by atoms with Crippen molar-refractivity contribution in [2.45, 2.75) is 33.1 Å². The number of carbonyl (C=O) groups is 2. The Kier molecular flexibility index (Phi) is 6.71. The first-order valence-corrected chi connectivity index (χ1v) is 7.48. The van der Waals surface area contributed by atoms with Crippen LogP contribution in [0.2, 0.25) is 0 Å². The summed E-state index contributed by atoms with van der Waals surface area (Å²) in [7, 11) is 0. The van der Waals surface area contributed by atoms with Crippen molar-refractivity contribution in [1.82, 2.24) is 0 Å². The second-order valence-electron chi connectivity index (χ2n) is 5.37. The fourth-order valence-corrected chi connectivity index (χ4v) is 2.83. The second-order valence-corrected chi connectivity index (χ2v) is 5.37. The molecule has 0 aliphatic rings. The van der Waals surface area contributed by atoms with Crippen LogP contribution >= 0.6 is 0 Å². The summed E-state index contributed by atoms with van der Waals surface area (Å²) in [6, 6.07) is 9.60. The summed E-state index contributed by atoms with van der Waals surface area (Å²) in [5, 5.41) is 0. The molecule has 2 heteroatoms. The normalized spacial score (nSPS) is 13.4. The minimum atomic E-state index is -1.10. The first-order valence-electron chi connectivity index (χ1n) is 7.48. The van der Waals surface area contributed by atoms with E-state index in [4.69, 9.17) is 0 Å². The molecule has 116 valence electrons. The Bertz CT molecular complexity index is 565. The fraction of sp³-hybridized carbons (Fsp3) is 0.300. The standard InChI is InChI=1S/C20H24O2/c1-5-7-8-12-15-20(16(3)21,17(4)22)19(6-2)18-13-10-9-11-14-18/h5-14,19H,2,15H2,1,3-4H3/b7-5+,12-8+. The van der Waals surface area contributed by atoms with Crippen molar-refractivity contribution in [1.29, 1.82) is 0 Å². The molecule has 1 aromatic carbocycles. The van der Waals surface area contributed by atoms with Gasteiger partial charge in [-0.15, -0.1) is 6.58 Å². The average molecular weight is 296 g/mol. The third kappa shape index (κ3) is 3.70. The summed E-state index contributed by atoms with van der Waals surface area (Å²) in [6.07, 6.45) is 9.61. The maximum atomic E-state index is 12.4. The molecule has 1 unspecified atom stereocenters. The molecule has 0 spiro atoms. The Morgan fingerprint density at radius 3 is 2.18 bits per heavy atom. The SMILES string of the molecule is C=CC(c1ccccc1)C(C/C=C/C=C/C)(C(C)=O)C(C)=O. The molecule has 0 aliphatic carbocycles. The van der Waals surface area contributed by atoms with Crippen LogP contribution in [0.3, 0.4) is 0 Å². The van der Waals surface area contributed by atoms with Crippen molar-refractivity contribution in [2.24, 2.45) is 5.41 Å². The Labute approximate surface area is 133 Å². The molecule has 0 radical (unpaired) electrons. The van der Waals surface area contributed by atoms with E-state index < -0.39 is 5.41 Å². The summed E-state index contributed by atoms with van der Waals surface area (Å²) in [4.78, 5) is 24.8. The topological polar surface area (TPSA) is 34.1 Å². The molecule has 0 aromatic heterocycles. The van der Waals surface area contributed by atoms with Crippen LogP contribution < -0.4 is 0 Å². The number of hydrogen-bond acceptors (Lipinski definition) is 2. The van der Waals surface area contributed by atoms with E-state index in [0.29, 0.717) is 6.42 Å². The molecule has 0 saturated carbocycles. The van der Waals surface area contributed by atoms with Crippen LogP contribution in [0, 0.1) is 5.41 Å². The molecular formula is C20H24O2. The van der Waals surface area contributed by atoms with E-state index in [2.05, 4.69) is 6.58 Å². The quantitative estimate of drug-likeness (QED) is 0.398. The molecule has 1 atom stereocenters. The van der Waals surface area contributed by atoms with E-state index >= 15 is 0 Å². The Balaban J connectivity index is 3.36. The van der Waals surface area contributed by atoms with Gasteiger partial charge in [-0.2, -0.15) is 0 Å². The van der Waals surface area contributed by atoms with Gasteiger partial charge in [0.2, 0.25) is 0 Å². The molecule has 0 amide bonds. The third-order valence-corrected chi connectivity index (χ3v) is 4.06. The minimum absolute atomic E-state index is 0.126. The molecule has 2 nitrogen and oxygen atoms in total. The molecular weight excluding hydrogens is 272 g/mol. The smallest absolute Gasteiger partial charge is 0.144 e. The van der Waals surface area contributed by atoms with Crippen LogP contribution in [-0.2, 0) is 9.59 Å². The number of ketones is 2. The minimum Gasteiger partial charge on any atom is -0.299 e. The molecule has 22 heavy (non-hydrogen) atoms. The predicted molar refractivity (Wildman–Crippen MR) is 91.7 cm³/mol. The zero-order valence-corrected chi connectivity index (χ0v) is 13.6. The largest absolute Gasteiger partial charge is 0.299 e. The lowest BCUT2D eigenvalue weighted by Crippen LogP contribution is -2.41. The molecule has 1 aromatic rings. The average Bonchev–Trinajstić information content (AvgIpc) is 2.50. The highest BCUT2D eigenvalue weighted by Crippen LogP contribution is 2.42. The van der Waals surface area contributed by atoms with Crippen LogP contribution in [0.1, 0.15) is 38.7 Å². The molecule has 0 saturated heterocycles. The molecule has 1 rings (SSSR count). The number of carbonyl (C=O) groups excluding carboxylic acids is 2. The van der Waals surface area contributed by atoms with Gasteiger partial charge in [0.05, 0.1) is 0 Å². The van der Waals surface area contributed by atoms with Crippen LogP contribution in [0.5, 0.6) is 0 Å². The highest BCUT2D eigenvalue weighted by atomic mass is 16.2. The Morgan fingerprint density at radius 1 is 1.14 bits per heavy atom. The maximum absolute atomic E-state index is 12.4. The van der Waals surface area contributed by atoms with Crippen molar-refractivity contribution in [3.05, 3.63) is 72.9 Å². The predicted octanol–water partition coefficient (Wildman–Crippen LogP) is 4.64. The zero-order valence-electron chi connectivity index (χ0n) is 13.6. The summed E-state index contributed by atoms with van der Waals surface area (Å²) in [5.74, 6) is -0.586. The van der Waals surface area contributed by atoms with Crippen molar-refractivity contribution < 1.29 is 9.59 Å². The van der Waals surface area contributed by atoms with Gasteiger partial charge in [0.1, 0.15) is 17.0 Å². The van der Waals surface area contributed by atoms with E-state index in [1.54, 1.807) is 6.08 Å². The van der Waals surface area contributed by atoms with Crippen molar-refractivity contribution in [3.8, 4) is 0 Å². The van der Waals surface area contributed by atoms with Gasteiger partial charge in [0.15, 0.2) is 0 Å². The maximum Gasteiger partial charge on any atom is 0.144 e. The lowest BCUT2D eigenvalue weighted by atomic mass is 9.65. The molecule has 0 heterocycles. The van der Waals surface area contributed by atoms with E-state index in [1.165, 1.54) is 13.8 Å². The third-order valence-electron chi connectivity index (χ3n) is 4.06. The first-order chi connectivity index (χ1) is 10.5. The Morgan fingerprint density at radius 2 is 1.73 bits per heavy atom. The summed E-state index contributed by atoms with van der Waals surface area (Å²) >= 11 is 0.